The Morgan fingerprint density at radius 2 is 1.74 bits per heavy atom. The van der Waals surface area contributed by atoms with E-state index in [1.807, 2.05) is 18.2 Å². The van der Waals surface area contributed by atoms with E-state index in [4.69, 9.17) is 16.0 Å². The maximum Gasteiger partial charge on any atom is 0.252 e. The minimum atomic E-state index is -0.700. The van der Waals surface area contributed by atoms with Gasteiger partial charge >= 0.3 is 0 Å². The number of carbonyl (C=O) groups excluding carboxylic acids is 2. The van der Waals surface area contributed by atoms with Gasteiger partial charge in [0.1, 0.15) is 6.04 Å². The number of nitrogens with zero attached hydrogens (tertiary/aromatic N) is 2. The Bertz CT molecular complexity index is 1210. The molecule has 3 aromatic rings. The van der Waals surface area contributed by atoms with E-state index in [9.17, 15) is 9.59 Å². The fraction of sp³-hybridized carbons (Fsp3) is 0.217. The molecule has 7 nitrogen and oxygen atoms in total. The van der Waals surface area contributed by atoms with Gasteiger partial charge < -0.3 is 15.1 Å². The van der Waals surface area contributed by atoms with Crippen LogP contribution in [0.2, 0.25) is 0 Å². The average Bonchev–Trinajstić information content (AvgIpc) is 3.53. The van der Waals surface area contributed by atoms with E-state index in [1.165, 1.54) is 0 Å². The Kier molecular flexibility index (Phi) is 4.82. The van der Waals surface area contributed by atoms with Crippen molar-refractivity contribution in [3.05, 3.63) is 82.7 Å². The Labute approximate surface area is 183 Å². The van der Waals surface area contributed by atoms with E-state index in [0.717, 1.165) is 12.8 Å². The van der Waals surface area contributed by atoms with Gasteiger partial charge in [-0.15, -0.1) is 10.2 Å². The zero-order chi connectivity index (χ0) is 21.5. The second-order valence-corrected chi connectivity index (χ2v) is 8.07. The van der Waals surface area contributed by atoms with Crippen LogP contribution in [0.25, 0.3) is 0 Å². The first-order chi connectivity index (χ1) is 15.0. The summed E-state index contributed by atoms with van der Waals surface area (Å²) in [7, 11) is 0. The molecule has 1 unspecified atom stereocenters. The number of allylic oxidation sites excluding steroid dienone is 1. The van der Waals surface area contributed by atoms with Gasteiger partial charge in [-0.3, -0.25) is 9.59 Å². The van der Waals surface area contributed by atoms with Crippen LogP contribution in [0.15, 0.2) is 64.2 Å². The minimum absolute atomic E-state index is 0.0905. The lowest BCUT2D eigenvalue weighted by molar-refractivity contribution is -0.108. The van der Waals surface area contributed by atoms with Crippen molar-refractivity contribution in [2.24, 2.45) is 0 Å². The Morgan fingerprint density at radius 3 is 2.45 bits per heavy atom. The quantitative estimate of drug-likeness (QED) is 0.439. The molecular formula is C23H19ClN4O3. The van der Waals surface area contributed by atoms with Crippen molar-refractivity contribution in [3.8, 4) is 0 Å². The molecule has 5 rings (SSSR count). The molecule has 156 valence electrons. The van der Waals surface area contributed by atoms with Gasteiger partial charge in [0.15, 0.2) is 5.78 Å². The molecule has 2 aliphatic rings. The van der Waals surface area contributed by atoms with Crippen LogP contribution in [0.5, 0.6) is 0 Å². The average molecular weight is 435 g/mol. The molecule has 8 heteroatoms. The molecule has 1 atom stereocenters. The number of rotatable bonds is 5. The first-order valence-corrected chi connectivity index (χ1v) is 10.4. The van der Waals surface area contributed by atoms with Crippen LogP contribution in [-0.4, -0.2) is 21.2 Å². The molecule has 0 bridgehead atoms. The summed E-state index contributed by atoms with van der Waals surface area (Å²) in [5.41, 5.74) is 3.31. The van der Waals surface area contributed by atoms with Crippen LogP contribution in [0.3, 0.4) is 0 Å². The van der Waals surface area contributed by atoms with Crippen LogP contribution in [0, 0.1) is 0 Å². The van der Waals surface area contributed by atoms with Crippen LogP contribution < -0.4 is 10.6 Å². The molecule has 1 saturated carbocycles. The van der Waals surface area contributed by atoms with Crippen LogP contribution in [0.4, 0.5) is 11.4 Å². The highest BCUT2D eigenvalue weighted by molar-refractivity contribution is 6.68. The molecule has 0 amide bonds. The van der Waals surface area contributed by atoms with Crippen LogP contribution in [0.1, 0.15) is 59.4 Å². The number of aromatic nitrogens is 2. The van der Waals surface area contributed by atoms with E-state index in [2.05, 4.69) is 20.8 Å². The number of fused-ring (bicyclic) bond motifs is 1. The molecule has 2 heterocycles. The van der Waals surface area contributed by atoms with Crippen molar-refractivity contribution < 1.29 is 14.0 Å². The first-order valence-electron chi connectivity index (χ1n) is 10.0. The van der Waals surface area contributed by atoms with Crippen molar-refractivity contribution in [2.45, 2.75) is 31.7 Å². The second kappa shape index (κ2) is 7.67. The van der Waals surface area contributed by atoms with E-state index in [0.29, 0.717) is 45.6 Å². The summed E-state index contributed by atoms with van der Waals surface area (Å²) in [6, 6.07) is 13.7. The summed E-state index contributed by atoms with van der Waals surface area (Å²) in [5, 5.41) is 14.2. The summed E-state index contributed by atoms with van der Waals surface area (Å²) in [6.07, 6.45) is 2.05. The van der Waals surface area contributed by atoms with Gasteiger partial charge in [-0.05, 0) is 49.6 Å². The number of hydrogen-bond acceptors (Lipinski definition) is 7. The van der Waals surface area contributed by atoms with Crippen molar-refractivity contribution >= 4 is 34.0 Å². The summed E-state index contributed by atoms with van der Waals surface area (Å²) in [4.78, 5) is 25.2. The Balaban J connectivity index is 1.53. The van der Waals surface area contributed by atoms with Gasteiger partial charge in [-0.2, -0.15) is 0 Å². The molecule has 2 N–H and O–H groups in total. The van der Waals surface area contributed by atoms with E-state index in [1.54, 1.807) is 37.3 Å². The summed E-state index contributed by atoms with van der Waals surface area (Å²) >= 11 is 5.93. The van der Waals surface area contributed by atoms with Crippen LogP contribution in [-0.2, 0) is 4.79 Å². The summed E-state index contributed by atoms with van der Waals surface area (Å²) < 4.78 is 5.85. The van der Waals surface area contributed by atoms with Gasteiger partial charge in [-0.25, -0.2) is 0 Å². The Hall–Kier alpha value is -3.45. The zero-order valence-electron chi connectivity index (χ0n) is 16.7. The number of anilines is 2. The molecule has 0 saturated heterocycles. The normalized spacial score (nSPS) is 17.9. The molecule has 0 spiro atoms. The lowest BCUT2D eigenvalue weighted by atomic mass is 10.0. The fourth-order valence-corrected chi connectivity index (χ4v) is 3.94. The zero-order valence-corrected chi connectivity index (χ0v) is 17.4. The van der Waals surface area contributed by atoms with E-state index in [-0.39, 0.29) is 11.7 Å². The lowest BCUT2D eigenvalue weighted by Crippen LogP contribution is -2.18. The maximum atomic E-state index is 12.9. The molecule has 1 fully saturated rings. The molecule has 31 heavy (non-hydrogen) atoms. The third-order valence-electron chi connectivity index (χ3n) is 5.47. The topological polar surface area (TPSA) is 97.1 Å². The monoisotopic (exact) mass is 434 g/mol. The maximum absolute atomic E-state index is 12.9. The van der Waals surface area contributed by atoms with E-state index >= 15 is 0 Å². The molecule has 2 aromatic carbocycles. The standard InChI is InChI=1S/C23H19ClN4O3/c1-12-18(21(24)30)19(23-28-27-22(31-23)14-7-8-14)26-16-10-9-15(11-17(16)25-12)20(29)13-5-3-2-4-6-13/h2-6,9-11,14,19,25-26H,7-8H2,1H3. The highest BCUT2D eigenvalue weighted by atomic mass is 35.5. The third kappa shape index (κ3) is 3.72. The van der Waals surface area contributed by atoms with Gasteiger partial charge in [0.05, 0.1) is 16.9 Å². The van der Waals surface area contributed by atoms with Crippen molar-refractivity contribution in [1.82, 2.24) is 10.2 Å². The molecule has 0 radical (unpaired) electrons. The fourth-order valence-electron chi connectivity index (χ4n) is 3.69. The number of ketones is 1. The summed E-state index contributed by atoms with van der Waals surface area (Å²) in [5.74, 6) is 1.07. The largest absolute Gasteiger partial charge is 0.422 e. The first kappa shape index (κ1) is 19.5. The molecule has 1 aliphatic carbocycles. The number of nitrogens with one attached hydrogen (secondary N) is 2. The SMILES string of the molecule is CC1=C(C(=O)Cl)C(c2nnc(C3CC3)o2)Nc2ccc(C(=O)c3ccccc3)cc2N1. The predicted octanol–water partition coefficient (Wildman–Crippen LogP) is 4.80. The van der Waals surface area contributed by atoms with Gasteiger partial charge in [-0.1, -0.05) is 30.3 Å². The molecule has 1 aliphatic heterocycles. The van der Waals surface area contributed by atoms with Gasteiger partial charge in [0, 0.05) is 22.7 Å². The third-order valence-corrected chi connectivity index (χ3v) is 5.68. The number of carbonyl (C=O) groups is 2. The van der Waals surface area contributed by atoms with Gasteiger partial charge in [0.25, 0.3) is 5.24 Å². The molecular weight excluding hydrogens is 416 g/mol. The highest BCUT2D eigenvalue weighted by Crippen LogP contribution is 2.42. The minimum Gasteiger partial charge on any atom is -0.422 e. The van der Waals surface area contributed by atoms with Crippen LogP contribution >= 0.6 is 11.6 Å². The van der Waals surface area contributed by atoms with E-state index < -0.39 is 11.3 Å². The molecule has 1 aromatic heterocycles. The number of hydrogen-bond donors (Lipinski definition) is 2. The van der Waals surface area contributed by atoms with Crippen molar-refractivity contribution in [2.75, 3.05) is 10.6 Å². The number of benzene rings is 2. The van der Waals surface area contributed by atoms with Crippen molar-refractivity contribution in [1.29, 1.82) is 0 Å². The Morgan fingerprint density at radius 1 is 1.00 bits per heavy atom. The highest BCUT2D eigenvalue weighted by Gasteiger charge is 2.35. The number of halogens is 1. The smallest absolute Gasteiger partial charge is 0.252 e. The van der Waals surface area contributed by atoms with Crippen molar-refractivity contribution in [3.63, 3.8) is 0 Å². The second-order valence-electron chi connectivity index (χ2n) is 7.72. The summed E-state index contributed by atoms with van der Waals surface area (Å²) in [6.45, 7) is 1.75. The predicted molar refractivity (Wildman–Crippen MR) is 116 cm³/mol. The lowest BCUT2D eigenvalue weighted by Gasteiger charge is -2.16. The van der Waals surface area contributed by atoms with Gasteiger partial charge in [0.2, 0.25) is 11.8 Å².